The van der Waals surface area contributed by atoms with E-state index in [1.165, 1.54) is 0 Å². The summed E-state index contributed by atoms with van der Waals surface area (Å²) in [6, 6.07) is 1.81. The van der Waals surface area contributed by atoms with Gasteiger partial charge in [-0.1, -0.05) is 11.5 Å². The molecule has 1 rings (SSSR count). The first-order valence-corrected chi connectivity index (χ1v) is 6.52. The number of pyridine rings is 1. The zero-order chi connectivity index (χ0) is 13.2. The fourth-order valence-corrected chi connectivity index (χ4v) is 1.69. The van der Waals surface area contributed by atoms with Crippen LogP contribution in [0.4, 0.5) is 0 Å². The highest BCUT2D eigenvalue weighted by Crippen LogP contribution is 2.13. The van der Waals surface area contributed by atoms with Crippen LogP contribution in [0.3, 0.4) is 0 Å². The molecule has 1 atom stereocenters. The molecule has 0 bridgehead atoms. The third kappa shape index (κ3) is 3.77. The summed E-state index contributed by atoms with van der Waals surface area (Å²) in [4.78, 5) is 4.16. The van der Waals surface area contributed by atoms with Gasteiger partial charge < -0.3 is 0 Å². The Hall–Kier alpha value is -0.965. The van der Waals surface area contributed by atoms with Crippen molar-refractivity contribution < 1.29 is 4.21 Å². The molecule has 0 aromatic carbocycles. The monoisotopic (exact) mass is 248 g/mol. The van der Waals surface area contributed by atoms with Crippen LogP contribution in [0.2, 0.25) is 0 Å². The molecule has 0 aliphatic heterocycles. The third-order valence-electron chi connectivity index (χ3n) is 2.29. The van der Waals surface area contributed by atoms with Gasteiger partial charge in [0, 0.05) is 17.5 Å². The third-order valence-corrected chi connectivity index (χ3v) is 3.77. The van der Waals surface area contributed by atoms with Gasteiger partial charge in [-0.3, -0.25) is 4.98 Å². The Bertz CT molecular complexity index is 478. The molecule has 0 N–H and O–H groups in total. The predicted octanol–water partition coefficient (Wildman–Crippen LogP) is 1.46. The molecule has 0 saturated heterocycles. The second-order valence-corrected chi connectivity index (χ2v) is 6.84. The van der Waals surface area contributed by atoms with Crippen molar-refractivity contribution in [2.75, 3.05) is 0 Å². The van der Waals surface area contributed by atoms with Crippen molar-refractivity contribution in [2.45, 2.75) is 39.4 Å². The van der Waals surface area contributed by atoms with E-state index in [9.17, 15) is 4.21 Å². The first-order chi connectivity index (χ1) is 7.71. The second-order valence-electron chi connectivity index (χ2n) is 4.94. The van der Waals surface area contributed by atoms with Crippen LogP contribution in [0.1, 0.15) is 39.0 Å². The predicted molar refractivity (Wildman–Crippen MR) is 74.5 cm³/mol. The highest BCUT2D eigenvalue weighted by atomic mass is 32.2. The summed E-state index contributed by atoms with van der Waals surface area (Å²) in [5.41, 5.74) is 2.92. The normalized spacial score (nSPS) is 14.8. The van der Waals surface area contributed by atoms with Gasteiger partial charge in [0.05, 0.1) is 10.5 Å². The minimum Gasteiger partial charge on any atom is -0.262 e. The molecular weight excluding hydrogens is 231 g/mol. The number of hydrogen-bond donors (Lipinski definition) is 0. The Labute approximate surface area is 107 Å². The SMILES string of the molecule is [B]c1cc(/C(C)=N/[S@](=O)C(C)(C)C)cnc1C. The Kier molecular flexibility index (Phi) is 4.25. The number of aromatic nitrogens is 1. The minimum atomic E-state index is -1.26. The molecule has 2 radical (unpaired) electrons. The number of aryl methyl sites for hydroxylation is 1. The molecule has 1 aromatic rings. The molecule has 17 heavy (non-hydrogen) atoms. The van der Waals surface area contributed by atoms with Crippen LogP contribution in [-0.2, 0) is 11.0 Å². The maximum Gasteiger partial charge on any atom is 0.145 e. The Morgan fingerprint density at radius 3 is 2.53 bits per heavy atom. The van der Waals surface area contributed by atoms with Crippen molar-refractivity contribution in [2.24, 2.45) is 4.40 Å². The molecule has 90 valence electrons. The highest BCUT2D eigenvalue weighted by molar-refractivity contribution is 7.85. The van der Waals surface area contributed by atoms with Gasteiger partial charge in [0.2, 0.25) is 0 Å². The molecule has 0 fully saturated rings. The Morgan fingerprint density at radius 1 is 1.47 bits per heavy atom. The van der Waals surface area contributed by atoms with Crippen molar-refractivity contribution in [3.63, 3.8) is 0 Å². The average molecular weight is 248 g/mol. The fraction of sp³-hybridized carbons (Fsp3) is 0.500. The van der Waals surface area contributed by atoms with Crippen LogP contribution < -0.4 is 5.46 Å². The van der Waals surface area contributed by atoms with E-state index < -0.39 is 11.0 Å². The van der Waals surface area contributed by atoms with Crippen molar-refractivity contribution in [3.8, 4) is 0 Å². The molecule has 0 spiro atoms. The average Bonchev–Trinajstić information content (AvgIpc) is 2.20. The fourth-order valence-electron chi connectivity index (χ4n) is 1.06. The second kappa shape index (κ2) is 5.13. The van der Waals surface area contributed by atoms with Gasteiger partial charge in [0.15, 0.2) is 0 Å². The summed E-state index contributed by atoms with van der Waals surface area (Å²) in [5.74, 6) is 0. The van der Waals surface area contributed by atoms with E-state index in [1.807, 2.05) is 34.6 Å². The van der Waals surface area contributed by atoms with Gasteiger partial charge >= 0.3 is 0 Å². The quantitative estimate of drug-likeness (QED) is 0.587. The van der Waals surface area contributed by atoms with E-state index in [0.717, 1.165) is 11.3 Å². The van der Waals surface area contributed by atoms with Gasteiger partial charge in [0.25, 0.3) is 0 Å². The molecule has 1 aromatic heterocycles. The highest BCUT2D eigenvalue weighted by Gasteiger charge is 2.19. The summed E-state index contributed by atoms with van der Waals surface area (Å²) in [6.07, 6.45) is 1.70. The van der Waals surface area contributed by atoms with Crippen molar-refractivity contribution in [1.29, 1.82) is 0 Å². The van der Waals surface area contributed by atoms with Crippen LogP contribution in [0, 0.1) is 6.92 Å². The molecule has 0 aliphatic carbocycles. The molecule has 3 nitrogen and oxygen atoms in total. The van der Waals surface area contributed by atoms with Crippen molar-refractivity contribution >= 4 is 30.0 Å². The van der Waals surface area contributed by atoms with E-state index in [2.05, 4.69) is 9.38 Å². The van der Waals surface area contributed by atoms with Gasteiger partial charge in [0.1, 0.15) is 18.8 Å². The van der Waals surface area contributed by atoms with Gasteiger partial charge in [-0.15, -0.1) is 0 Å². The number of hydrogen-bond acceptors (Lipinski definition) is 2. The zero-order valence-corrected chi connectivity index (χ0v) is 11.8. The Morgan fingerprint density at radius 2 is 2.06 bits per heavy atom. The summed E-state index contributed by atoms with van der Waals surface area (Å²) in [7, 11) is 4.52. The number of nitrogens with zero attached hydrogens (tertiary/aromatic N) is 2. The van der Waals surface area contributed by atoms with Crippen LogP contribution in [0.5, 0.6) is 0 Å². The van der Waals surface area contributed by atoms with E-state index in [0.29, 0.717) is 11.2 Å². The lowest BCUT2D eigenvalue weighted by Crippen LogP contribution is -2.21. The van der Waals surface area contributed by atoms with Crippen LogP contribution in [0.25, 0.3) is 0 Å². The summed E-state index contributed by atoms with van der Waals surface area (Å²) < 4.78 is 15.7. The lowest BCUT2D eigenvalue weighted by atomic mass is 9.93. The molecule has 1 heterocycles. The molecule has 5 heteroatoms. The molecule has 0 saturated carbocycles. The smallest absolute Gasteiger partial charge is 0.145 e. The van der Waals surface area contributed by atoms with Gasteiger partial charge in [-0.25, -0.2) is 4.21 Å². The van der Waals surface area contributed by atoms with Crippen LogP contribution in [0.15, 0.2) is 16.7 Å². The van der Waals surface area contributed by atoms with E-state index >= 15 is 0 Å². The lowest BCUT2D eigenvalue weighted by Gasteiger charge is -2.14. The first-order valence-electron chi connectivity index (χ1n) is 5.41. The lowest BCUT2D eigenvalue weighted by molar-refractivity contribution is 0.650. The van der Waals surface area contributed by atoms with Gasteiger partial charge in [-0.2, -0.15) is 4.40 Å². The molecular formula is C12H17BN2OS. The van der Waals surface area contributed by atoms with E-state index in [4.69, 9.17) is 7.85 Å². The molecule has 0 unspecified atom stereocenters. The minimum absolute atomic E-state index is 0.356. The number of rotatable bonds is 2. The summed E-state index contributed by atoms with van der Waals surface area (Å²) in [5, 5.41) is 0. The molecule has 0 aliphatic rings. The summed E-state index contributed by atoms with van der Waals surface area (Å²) >= 11 is 0. The van der Waals surface area contributed by atoms with Crippen LogP contribution in [-0.4, -0.2) is 27.5 Å². The summed E-state index contributed by atoms with van der Waals surface area (Å²) in [6.45, 7) is 9.33. The molecule has 0 amide bonds. The van der Waals surface area contributed by atoms with Gasteiger partial charge in [-0.05, 0) is 34.6 Å². The largest absolute Gasteiger partial charge is 0.262 e. The van der Waals surface area contributed by atoms with Crippen molar-refractivity contribution in [3.05, 3.63) is 23.5 Å². The van der Waals surface area contributed by atoms with Crippen molar-refractivity contribution in [1.82, 2.24) is 4.98 Å². The first kappa shape index (κ1) is 14.1. The zero-order valence-electron chi connectivity index (χ0n) is 10.9. The van der Waals surface area contributed by atoms with Crippen LogP contribution >= 0.6 is 0 Å². The maximum atomic E-state index is 11.9. The Balaban J connectivity index is 3.04. The standard InChI is InChI=1S/C12H17BN2OS/c1-8(15-17(16)12(3,4)5)10-6-11(13)9(2)14-7-10/h6-7H,1-5H3/b15-8+/t17-/m1/s1. The van der Waals surface area contributed by atoms with E-state index in [-0.39, 0.29) is 4.75 Å². The topological polar surface area (TPSA) is 42.3 Å². The maximum absolute atomic E-state index is 11.9. The van der Waals surface area contributed by atoms with E-state index in [1.54, 1.807) is 12.3 Å².